The molecule has 1 saturated heterocycles. The van der Waals surface area contributed by atoms with Crippen molar-refractivity contribution in [2.75, 3.05) is 31.1 Å². The summed E-state index contributed by atoms with van der Waals surface area (Å²) in [5.74, 6) is -0.588. The van der Waals surface area contributed by atoms with Gasteiger partial charge in [-0.25, -0.2) is 4.79 Å². The summed E-state index contributed by atoms with van der Waals surface area (Å²) in [6, 6.07) is 2.99. The molecule has 0 bridgehead atoms. The quantitative estimate of drug-likeness (QED) is 0.316. The highest BCUT2D eigenvalue weighted by molar-refractivity contribution is 6.05. The Labute approximate surface area is 254 Å². The third kappa shape index (κ3) is 7.97. The molecule has 0 spiro atoms. The Morgan fingerprint density at radius 3 is 2.44 bits per heavy atom. The van der Waals surface area contributed by atoms with Gasteiger partial charge in [0.25, 0.3) is 11.8 Å². The molecule has 2 heterocycles. The van der Waals surface area contributed by atoms with Gasteiger partial charge in [0.05, 0.1) is 11.7 Å². The van der Waals surface area contributed by atoms with Crippen LogP contribution < -0.4 is 15.0 Å². The van der Waals surface area contributed by atoms with Gasteiger partial charge in [-0.15, -0.1) is 0 Å². The summed E-state index contributed by atoms with van der Waals surface area (Å²) < 4.78 is 16.5. The number of amides is 4. The third-order valence-corrected chi connectivity index (χ3v) is 7.62. The monoisotopic (exact) mass is 602 g/mol. The summed E-state index contributed by atoms with van der Waals surface area (Å²) >= 11 is 0. The van der Waals surface area contributed by atoms with Gasteiger partial charge in [0.15, 0.2) is 5.60 Å². The number of nitrogens with one attached hydrogen (secondary N) is 1. The van der Waals surface area contributed by atoms with Crippen molar-refractivity contribution in [3.8, 4) is 5.75 Å². The van der Waals surface area contributed by atoms with E-state index in [1.807, 2.05) is 20.8 Å². The average molecular weight is 603 g/mol. The van der Waals surface area contributed by atoms with Crippen LogP contribution in [0.15, 0.2) is 12.1 Å². The van der Waals surface area contributed by atoms with Crippen molar-refractivity contribution in [1.82, 2.24) is 15.1 Å². The van der Waals surface area contributed by atoms with Crippen LogP contribution in [0.3, 0.4) is 0 Å². The number of anilines is 1. The van der Waals surface area contributed by atoms with E-state index < -0.39 is 24.0 Å². The molecular formula is C31H46N4O8. The van der Waals surface area contributed by atoms with Crippen molar-refractivity contribution < 1.29 is 38.2 Å². The van der Waals surface area contributed by atoms with E-state index in [0.717, 1.165) is 0 Å². The van der Waals surface area contributed by atoms with Crippen molar-refractivity contribution in [2.24, 2.45) is 0 Å². The van der Waals surface area contributed by atoms with Gasteiger partial charge >= 0.3 is 12.1 Å². The molecule has 2 aliphatic rings. The van der Waals surface area contributed by atoms with Gasteiger partial charge in [-0.1, -0.05) is 13.8 Å². The van der Waals surface area contributed by atoms with E-state index in [4.69, 9.17) is 14.2 Å². The van der Waals surface area contributed by atoms with Crippen molar-refractivity contribution in [3.63, 3.8) is 0 Å². The van der Waals surface area contributed by atoms with E-state index >= 15 is 0 Å². The predicted octanol–water partition coefficient (Wildman–Crippen LogP) is 3.78. The van der Waals surface area contributed by atoms with Crippen LogP contribution in [0.25, 0.3) is 0 Å². The van der Waals surface area contributed by atoms with Crippen LogP contribution in [-0.2, 0) is 23.9 Å². The highest BCUT2D eigenvalue weighted by atomic mass is 16.7. The molecule has 2 aliphatic heterocycles. The summed E-state index contributed by atoms with van der Waals surface area (Å²) in [7, 11) is 0. The smallest absolute Gasteiger partial charge is 0.412 e. The van der Waals surface area contributed by atoms with Gasteiger partial charge in [-0.05, 0) is 65.2 Å². The van der Waals surface area contributed by atoms with E-state index in [-0.39, 0.29) is 55.9 Å². The van der Waals surface area contributed by atoms with Crippen molar-refractivity contribution in [3.05, 3.63) is 23.3 Å². The standard InChI is InChI=1S/C31H46N4O8/c1-9-26(36)32-13-15-34-24-17-23(20(5)16-25(24)43-31(7,8)29(34)39)28(38)35(19(3)4)22-12-11-14-33(18-22)30(40)42-21(6)41-27(37)10-2/h16-17,19,21-22H,9-15,18H2,1-8H3,(H,32,36)/t21?,22-/m1/s1. The largest absolute Gasteiger partial charge is 0.476 e. The summed E-state index contributed by atoms with van der Waals surface area (Å²) in [5.41, 5.74) is 0.469. The van der Waals surface area contributed by atoms with Crippen LogP contribution in [-0.4, -0.2) is 89.7 Å². The van der Waals surface area contributed by atoms with E-state index in [0.29, 0.717) is 48.4 Å². The van der Waals surface area contributed by atoms with Gasteiger partial charge in [-0.3, -0.25) is 19.2 Å². The second kappa shape index (κ2) is 14.1. The number of aryl methyl sites for hydroxylation is 1. The first kappa shape index (κ1) is 33.7. The summed E-state index contributed by atoms with van der Waals surface area (Å²) in [6.07, 6.45) is 0.241. The molecule has 0 saturated carbocycles. The summed E-state index contributed by atoms with van der Waals surface area (Å²) in [5, 5.41) is 2.80. The number of carbonyl (C=O) groups is 5. The zero-order valence-electron chi connectivity index (χ0n) is 26.7. The molecule has 12 heteroatoms. The summed E-state index contributed by atoms with van der Waals surface area (Å²) in [6.45, 7) is 15.2. The number of fused-ring (bicyclic) bond motifs is 1. The third-order valence-electron chi connectivity index (χ3n) is 7.62. The molecule has 3 rings (SSSR count). The molecule has 1 fully saturated rings. The summed E-state index contributed by atoms with van der Waals surface area (Å²) in [4.78, 5) is 68.7. The lowest BCUT2D eigenvalue weighted by Gasteiger charge is -2.42. The molecule has 0 radical (unpaired) electrons. The molecule has 12 nitrogen and oxygen atoms in total. The zero-order chi connectivity index (χ0) is 32.1. The number of hydrogen-bond acceptors (Lipinski definition) is 8. The molecule has 0 aromatic heterocycles. The number of ether oxygens (including phenoxy) is 3. The fourth-order valence-corrected chi connectivity index (χ4v) is 5.42. The van der Waals surface area contributed by atoms with E-state index in [9.17, 15) is 24.0 Å². The number of nitrogens with zero attached hydrogens (tertiary/aromatic N) is 3. The molecule has 1 aromatic carbocycles. The maximum atomic E-state index is 14.2. The topological polar surface area (TPSA) is 135 Å². The number of esters is 1. The lowest BCUT2D eigenvalue weighted by molar-refractivity contribution is -0.166. The molecule has 238 valence electrons. The Kier molecular flexibility index (Phi) is 11.0. The second-order valence-corrected chi connectivity index (χ2v) is 11.8. The Morgan fingerprint density at radius 1 is 1.12 bits per heavy atom. The molecular weight excluding hydrogens is 556 g/mol. The van der Waals surface area contributed by atoms with Gasteiger partial charge in [0.2, 0.25) is 12.2 Å². The van der Waals surface area contributed by atoms with Crippen molar-refractivity contribution >= 4 is 35.5 Å². The minimum atomic E-state index is -1.11. The molecule has 43 heavy (non-hydrogen) atoms. The fraction of sp³-hybridized carbons (Fsp3) is 0.645. The lowest BCUT2D eigenvalue weighted by Crippen LogP contribution is -2.55. The van der Waals surface area contributed by atoms with E-state index in [1.54, 1.807) is 49.6 Å². The van der Waals surface area contributed by atoms with Crippen LogP contribution in [0, 0.1) is 6.92 Å². The minimum absolute atomic E-state index is 0.116. The Morgan fingerprint density at radius 2 is 1.81 bits per heavy atom. The Hall–Kier alpha value is -3.83. The van der Waals surface area contributed by atoms with Crippen molar-refractivity contribution in [1.29, 1.82) is 0 Å². The number of hydrogen-bond donors (Lipinski definition) is 1. The zero-order valence-corrected chi connectivity index (χ0v) is 26.7. The molecule has 0 aliphatic carbocycles. The molecule has 1 N–H and O–H groups in total. The minimum Gasteiger partial charge on any atom is -0.476 e. The predicted molar refractivity (Wildman–Crippen MR) is 160 cm³/mol. The van der Waals surface area contributed by atoms with Crippen LogP contribution in [0.1, 0.15) is 90.1 Å². The first-order valence-corrected chi connectivity index (χ1v) is 15.1. The number of piperidine rings is 1. The van der Waals surface area contributed by atoms with Crippen molar-refractivity contribution in [2.45, 2.75) is 105 Å². The van der Waals surface area contributed by atoms with Crippen LogP contribution in [0.4, 0.5) is 10.5 Å². The van der Waals surface area contributed by atoms with Gasteiger partial charge < -0.3 is 34.2 Å². The fourth-order valence-electron chi connectivity index (χ4n) is 5.42. The first-order valence-electron chi connectivity index (χ1n) is 15.1. The number of carbonyl (C=O) groups excluding carboxylic acids is 5. The molecule has 2 atom stereocenters. The maximum absolute atomic E-state index is 14.2. The SMILES string of the molecule is CCC(=O)NCCN1C(=O)C(C)(C)Oc2cc(C)c(C(=O)N(C(C)C)[C@@H]3CCCN(C(=O)OC(C)OC(=O)CC)C3)cc21. The molecule has 4 amide bonds. The van der Waals surface area contributed by atoms with Gasteiger partial charge in [0.1, 0.15) is 5.75 Å². The Balaban J connectivity index is 1.86. The van der Waals surface area contributed by atoms with Crippen LogP contribution in [0.5, 0.6) is 5.75 Å². The van der Waals surface area contributed by atoms with Gasteiger partial charge in [0, 0.05) is 57.5 Å². The number of benzene rings is 1. The molecule has 1 unspecified atom stereocenters. The number of likely N-dealkylation sites (tertiary alicyclic amines) is 1. The van der Waals surface area contributed by atoms with Gasteiger partial charge in [-0.2, -0.15) is 0 Å². The molecule has 1 aromatic rings. The van der Waals surface area contributed by atoms with Crippen LogP contribution in [0.2, 0.25) is 0 Å². The normalized spacial score (nSPS) is 18.3. The maximum Gasteiger partial charge on any atom is 0.412 e. The first-order chi connectivity index (χ1) is 20.2. The van der Waals surface area contributed by atoms with E-state index in [1.165, 1.54) is 11.8 Å². The number of rotatable bonds is 10. The average Bonchev–Trinajstić information content (AvgIpc) is 2.94. The van der Waals surface area contributed by atoms with Crippen LogP contribution >= 0.6 is 0 Å². The Bertz CT molecular complexity index is 1230. The second-order valence-electron chi connectivity index (χ2n) is 11.8. The lowest BCUT2D eigenvalue weighted by atomic mass is 9.97. The van der Waals surface area contributed by atoms with E-state index in [2.05, 4.69) is 5.32 Å². The highest BCUT2D eigenvalue weighted by Crippen LogP contribution is 2.40. The highest BCUT2D eigenvalue weighted by Gasteiger charge is 2.42.